The van der Waals surface area contributed by atoms with Gasteiger partial charge in [-0.1, -0.05) is 0 Å². The SMILES string of the molecule is CCn1nccc1C(C)C#N. The molecule has 0 amide bonds. The maximum absolute atomic E-state index is 8.64. The summed E-state index contributed by atoms with van der Waals surface area (Å²) in [5.41, 5.74) is 0.995. The number of rotatable bonds is 2. The fourth-order valence-electron chi connectivity index (χ4n) is 1.04. The number of nitrogens with zero attached hydrogens (tertiary/aromatic N) is 3. The molecule has 0 fully saturated rings. The van der Waals surface area contributed by atoms with Crippen LogP contribution in [0, 0.1) is 11.3 Å². The lowest BCUT2D eigenvalue weighted by Crippen LogP contribution is -2.04. The Labute approximate surface area is 66.3 Å². The van der Waals surface area contributed by atoms with Gasteiger partial charge in [0.05, 0.1) is 17.7 Å². The van der Waals surface area contributed by atoms with Crippen molar-refractivity contribution in [1.29, 1.82) is 5.26 Å². The van der Waals surface area contributed by atoms with Gasteiger partial charge >= 0.3 is 0 Å². The smallest absolute Gasteiger partial charge is 0.0853 e. The van der Waals surface area contributed by atoms with Gasteiger partial charge in [-0.25, -0.2) is 0 Å². The van der Waals surface area contributed by atoms with Crippen LogP contribution in [-0.2, 0) is 6.54 Å². The van der Waals surface area contributed by atoms with E-state index in [9.17, 15) is 0 Å². The third-order valence-corrected chi connectivity index (χ3v) is 1.69. The van der Waals surface area contributed by atoms with Gasteiger partial charge in [-0.05, 0) is 19.9 Å². The highest BCUT2D eigenvalue weighted by Gasteiger charge is 2.07. The molecule has 3 nitrogen and oxygen atoms in total. The summed E-state index contributed by atoms with van der Waals surface area (Å²) in [4.78, 5) is 0. The fourth-order valence-corrected chi connectivity index (χ4v) is 1.04. The summed E-state index contributed by atoms with van der Waals surface area (Å²) in [5.74, 6) is -0.0579. The van der Waals surface area contributed by atoms with E-state index in [-0.39, 0.29) is 5.92 Å². The van der Waals surface area contributed by atoms with Gasteiger partial charge in [0, 0.05) is 12.7 Å². The second-order valence-electron chi connectivity index (χ2n) is 2.42. The molecule has 0 saturated carbocycles. The molecule has 0 aromatic carbocycles. The summed E-state index contributed by atoms with van der Waals surface area (Å²) in [7, 11) is 0. The largest absolute Gasteiger partial charge is 0.269 e. The summed E-state index contributed by atoms with van der Waals surface area (Å²) in [6, 6.07) is 4.07. The maximum Gasteiger partial charge on any atom is 0.0853 e. The van der Waals surface area contributed by atoms with Crippen molar-refractivity contribution in [2.75, 3.05) is 0 Å². The van der Waals surface area contributed by atoms with Gasteiger partial charge in [0.1, 0.15) is 0 Å². The fraction of sp³-hybridized carbons (Fsp3) is 0.500. The Kier molecular flexibility index (Phi) is 2.27. The Morgan fingerprint density at radius 3 is 3.09 bits per heavy atom. The third-order valence-electron chi connectivity index (χ3n) is 1.69. The average Bonchev–Trinajstić information content (AvgIpc) is 2.50. The predicted molar refractivity (Wildman–Crippen MR) is 41.9 cm³/mol. The summed E-state index contributed by atoms with van der Waals surface area (Å²) < 4.78 is 1.84. The molecular formula is C8H11N3. The zero-order valence-electron chi connectivity index (χ0n) is 6.78. The van der Waals surface area contributed by atoms with E-state index in [0.29, 0.717) is 0 Å². The number of aryl methyl sites for hydroxylation is 1. The zero-order chi connectivity index (χ0) is 8.27. The van der Waals surface area contributed by atoms with Gasteiger partial charge in [0.25, 0.3) is 0 Å². The standard InChI is InChI=1S/C8H11N3/c1-3-11-8(4-5-10-11)7(2)6-9/h4-5,7H,3H2,1-2H3. The van der Waals surface area contributed by atoms with E-state index in [1.165, 1.54) is 0 Å². The lowest BCUT2D eigenvalue weighted by molar-refractivity contribution is 0.614. The number of hydrogen-bond acceptors (Lipinski definition) is 2. The summed E-state index contributed by atoms with van der Waals surface area (Å²) in [5, 5.41) is 12.7. The van der Waals surface area contributed by atoms with Crippen molar-refractivity contribution in [2.45, 2.75) is 26.3 Å². The molecule has 0 spiro atoms. The molecule has 11 heavy (non-hydrogen) atoms. The molecular weight excluding hydrogens is 138 g/mol. The molecule has 1 aromatic heterocycles. The molecule has 0 bridgehead atoms. The molecule has 0 aliphatic heterocycles. The summed E-state index contributed by atoms with van der Waals surface area (Å²) in [6.07, 6.45) is 1.73. The van der Waals surface area contributed by atoms with E-state index < -0.39 is 0 Å². The molecule has 0 aliphatic carbocycles. The van der Waals surface area contributed by atoms with Crippen LogP contribution in [0.25, 0.3) is 0 Å². The van der Waals surface area contributed by atoms with Gasteiger partial charge < -0.3 is 0 Å². The molecule has 58 valence electrons. The first kappa shape index (κ1) is 7.80. The minimum Gasteiger partial charge on any atom is -0.269 e. The highest BCUT2D eigenvalue weighted by atomic mass is 15.3. The van der Waals surface area contributed by atoms with E-state index in [1.807, 2.05) is 24.6 Å². The van der Waals surface area contributed by atoms with Gasteiger partial charge in [-0.3, -0.25) is 4.68 Å². The molecule has 1 aromatic rings. The molecule has 1 atom stereocenters. The normalized spacial score (nSPS) is 12.5. The first-order chi connectivity index (χ1) is 5.29. The first-order valence-electron chi connectivity index (χ1n) is 3.71. The van der Waals surface area contributed by atoms with E-state index in [2.05, 4.69) is 11.2 Å². The Balaban J connectivity index is 2.94. The first-order valence-corrected chi connectivity index (χ1v) is 3.71. The van der Waals surface area contributed by atoms with Crippen molar-refractivity contribution in [2.24, 2.45) is 0 Å². The Morgan fingerprint density at radius 2 is 2.55 bits per heavy atom. The Hall–Kier alpha value is -1.30. The number of aromatic nitrogens is 2. The average molecular weight is 149 g/mol. The van der Waals surface area contributed by atoms with Crippen LogP contribution in [0.3, 0.4) is 0 Å². The van der Waals surface area contributed by atoms with Gasteiger partial charge in [-0.15, -0.1) is 0 Å². The zero-order valence-corrected chi connectivity index (χ0v) is 6.78. The van der Waals surface area contributed by atoms with Crippen LogP contribution in [0.4, 0.5) is 0 Å². The van der Waals surface area contributed by atoms with Gasteiger partial charge in [-0.2, -0.15) is 10.4 Å². The monoisotopic (exact) mass is 149 g/mol. The van der Waals surface area contributed by atoms with Crippen LogP contribution >= 0.6 is 0 Å². The minimum atomic E-state index is -0.0579. The lowest BCUT2D eigenvalue weighted by atomic mass is 10.1. The van der Waals surface area contributed by atoms with Crippen molar-refractivity contribution in [3.63, 3.8) is 0 Å². The van der Waals surface area contributed by atoms with Crippen molar-refractivity contribution in [1.82, 2.24) is 9.78 Å². The van der Waals surface area contributed by atoms with E-state index in [1.54, 1.807) is 6.20 Å². The Bertz CT molecular complexity index is 269. The van der Waals surface area contributed by atoms with E-state index in [0.717, 1.165) is 12.2 Å². The molecule has 0 radical (unpaired) electrons. The highest BCUT2D eigenvalue weighted by Crippen LogP contribution is 2.12. The molecule has 0 N–H and O–H groups in total. The van der Waals surface area contributed by atoms with Crippen molar-refractivity contribution in [3.8, 4) is 6.07 Å². The topological polar surface area (TPSA) is 41.6 Å². The van der Waals surface area contributed by atoms with E-state index >= 15 is 0 Å². The van der Waals surface area contributed by atoms with Crippen molar-refractivity contribution < 1.29 is 0 Å². The van der Waals surface area contributed by atoms with Gasteiger partial charge in [0.15, 0.2) is 0 Å². The maximum atomic E-state index is 8.64. The molecule has 0 aliphatic rings. The Morgan fingerprint density at radius 1 is 1.82 bits per heavy atom. The number of nitriles is 1. The highest BCUT2D eigenvalue weighted by molar-refractivity contribution is 5.14. The molecule has 3 heteroatoms. The van der Waals surface area contributed by atoms with Crippen LogP contribution in [0.5, 0.6) is 0 Å². The third kappa shape index (κ3) is 1.40. The van der Waals surface area contributed by atoms with Crippen molar-refractivity contribution in [3.05, 3.63) is 18.0 Å². The predicted octanol–water partition coefficient (Wildman–Crippen LogP) is 1.53. The summed E-state index contributed by atoms with van der Waals surface area (Å²) in [6.45, 7) is 4.72. The molecule has 0 saturated heterocycles. The van der Waals surface area contributed by atoms with Crippen molar-refractivity contribution >= 4 is 0 Å². The van der Waals surface area contributed by atoms with Crippen LogP contribution in [0.1, 0.15) is 25.5 Å². The van der Waals surface area contributed by atoms with Crippen LogP contribution in [0.15, 0.2) is 12.3 Å². The lowest BCUT2D eigenvalue weighted by Gasteiger charge is -2.04. The van der Waals surface area contributed by atoms with Crippen LogP contribution in [0.2, 0.25) is 0 Å². The molecule has 1 unspecified atom stereocenters. The quantitative estimate of drug-likeness (QED) is 0.639. The second kappa shape index (κ2) is 3.20. The second-order valence-corrected chi connectivity index (χ2v) is 2.42. The minimum absolute atomic E-state index is 0.0579. The number of hydrogen-bond donors (Lipinski definition) is 0. The van der Waals surface area contributed by atoms with E-state index in [4.69, 9.17) is 5.26 Å². The van der Waals surface area contributed by atoms with Gasteiger partial charge in [0.2, 0.25) is 0 Å². The van der Waals surface area contributed by atoms with Crippen LogP contribution < -0.4 is 0 Å². The van der Waals surface area contributed by atoms with Crippen LogP contribution in [-0.4, -0.2) is 9.78 Å². The molecule has 1 rings (SSSR count). The summed E-state index contributed by atoms with van der Waals surface area (Å²) >= 11 is 0. The molecule has 1 heterocycles.